The van der Waals surface area contributed by atoms with Crippen LogP contribution < -0.4 is 5.73 Å². The van der Waals surface area contributed by atoms with Crippen molar-refractivity contribution in [2.45, 2.75) is 45.1 Å². The molecule has 1 aliphatic rings. The number of rotatable bonds is 3. The number of nitrogens with two attached hydrogens (primary N) is 1. The largest absolute Gasteiger partial charge is 0.396 e. The molecule has 5 heteroatoms. The summed E-state index contributed by atoms with van der Waals surface area (Å²) in [6.07, 6.45) is 5.76. The van der Waals surface area contributed by atoms with Gasteiger partial charge in [-0.3, -0.25) is 4.79 Å². The maximum Gasteiger partial charge on any atom is 0.253 e. The summed E-state index contributed by atoms with van der Waals surface area (Å²) in [5.41, 5.74) is 6.53. The third kappa shape index (κ3) is 3.64. The van der Waals surface area contributed by atoms with Crippen LogP contribution >= 0.6 is 23.2 Å². The minimum absolute atomic E-state index is 0.0428. The first kappa shape index (κ1) is 16.4. The first-order valence-electron chi connectivity index (χ1n) is 7.45. The Hall–Kier alpha value is -0.930. The van der Waals surface area contributed by atoms with Gasteiger partial charge in [-0.2, -0.15) is 0 Å². The molecule has 1 aromatic rings. The van der Waals surface area contributed by atoms with E-state index in [-0.39, 0.29) is 5.91 Å². The van der Waals surface area contributed by atoms with Crippen molar-refractivity contribution < 1.29 is 4.79 Å². The highest BCUT2D eigenvalue weighted by atomic mass is 35.5. The summed E-state index contributed by atoms with van der Waals surface area (Å²) in [5.74, 6) is 0.768. The van der Waals surface area contributed by atoms with Gasteiger partial charge >= 0.3 is 0 Å². The highest BCUT2D eigenvalue weighted by Crippen LogP contribution is 2.32. The Morgan fingerprint density at radius 2 is 1.76 bits per heavy atom. The van der Waals surface area contributed by atoms with E-state index in [1.54, 1.807) is 12.1 Å². The van der Waals surface area contributed by atoms with Gasteiger partial charge in [-0.1, -0.05) is 36.5 Å². The number of nitrogens with zero attached hydrogens (tertiary/aromatic N) is 1. The van der Waals surface area contributed by atoms with E-state index in [1.165, 1.54) is 19.3 Å². The molecule has 0 saturated heterocycles. The fourth-order valence-electron chi connectivity index (χ4n) is 3.02. The van der Waals surface area contributed by atoms with Crippen molar-refractivity contribution >= 4 is 34.8 Å². The lowest BCUT2D eigenvalue weighted by Gasteiger charge is -2.34. The Morgan fingerprint density at radius 1 is 1.24 bits per heavy atom. The number of benzene rings is 1. The highest BCUT2D eigenvalue weighted by molar-refractivity contribution is 6.39. The SMILES string of the molecule is CCC1CCC(N(C)C(=O)c2cc(Cl)c(N)c(Cl)c2)CC1. The van der Waals surface area contributed by atoms with E-state index in [2.05, 4.69) is 6.92 Å². The molecule has 0 heterocycles. The third-order valence-electron chi connectivity index (χ3n) is 4.59. The van der Waals surface area contributed by atoms with Crippen LogP contribution in [-0.4, -0.2) is 23.9 Å². The molecule has 0 spiro atoms. The molecule has 0 atom stereocenters. The molecule has 0 radical (unpaired) electrons. The predicted molar refractivity (Wildman–Crippen MR) is 89.0 cm³/mol. The van der Waals surface area contributed by atoms with E-state index in [0.29, 0.717) is 27.3 Å². The lowest BCUT2D eigenvalue weighted by Crippen LogP contribution is -2.39. The Bertz CT molecular complexity index is 502. The van der Waals surface area contributed by atoms with Crippen molar-refractivity contribution in [1.29, 1.82) is 0 Å². The van der Waals surface area contributed by atoms with Crippen molar-refractivity contribution in [2.24, 2.45) is 5.92 Å². The molecule has 0 unspecified atom stereocenters. The standard InChI is InChI=1S/C16H22Cl2N2O/c1-3-10-4-6-12(7-5-10)20(2)16(21)11-8-13(17)15(19)14(18)9-11/h8-10,12H,3-7,19H2,1-2H3. The van der Waals surface area contributed by atoms with Crippen LogP contribution in [0, 0.1) is 5.92 Å². The first-order chi connectivity index (χ1) is 9.93. The molecule has 2 rings (SSSR count). The summed E-state index contributed by atoms with van der Waals surface area (Å²) >= 11 is 12.0. The molecule has 1 fully saturated rings. The molecule has 0 aromatic heterocycles. The van der Waals surface area contributed by atoms with Crippen LogP contribution in [0.15, 0.2) is 12.1 Å². The minimum atomic E-state index is -0.0428. The van der Waals surface area contributed by atoms with E-state index >= 15 is 0 Å². The van der Waals surface area contributed by atoms with Crippen LogP contribution in [0.4, 0.5) is 5.69 Å². The van der Waals surface area contributed by atoms with Gasteiger partial charge in [0, 0.05) is 18.7 Å². The number of carbonyl (C=O) groups excluding carboxylic acids is 1. The first-order valence-corrected chi connectivity index (χ1v) is 8.21. The summed E-state index contributed by atoms with van der Waals surface area (Å²) in [6.45, 7) is 2.23. The van der Waals surface area contributed by atoms with Gasteiger partial charge in [-0.25, -0.2) is 0 Å². The summed E-state index contributed by atoms with van der Waals surface area (Å²) in [6, 6.07) is 3.49. The fraction of sp³-hybridized carbons (Fsp3) is 0.562. The molecule has 1 aliphatic carbocycles. The summed E-state index contributed by atoms with van der Waals surface area (Å²) in [5, 5.41) is 0.655. The van der Waals surface area contributed by atoms with Crippen molar-refractivity contribution in [2.75, 3.05) is 12.8 Å². The van der Waals surface area contributed by atoms with Gasteiger partial charge in [-0.05, 0) is 43.7 Å². The Labute approximate surface area is 136 Å². The van der Waals surface area contributed by atoms with Gasteiger partial charge in [0.15, 0.2) is 0 Å². The Kier molecular flexibility index (Phi) is 5.39. The van der Waals surface area contributed by atoms with E-state index in [1.807, 2.05) is 11.9 Å². The van der Waals surface area contributed by atoms with E-state index in [0.717, 1.165) is 18.8 Å². The number of amides is 1. The van der Waals surface area contributed by atoms with Gasteiger partial charge in [-0.15, -0.1) is 0 Å². The number of nitrogen functional groups attached to an aromatic ring is 1. The van der Waals surface area contributed by atoms with Crippen LogP contribution in [-0.2, 0) is 0 Å². The van der Waals surface area contributed by atoms with Crippen molar-refractivity contribution in [3.8, 4) is 0 Å². The number of hydrogen-bond donors (Lipinski definition) is 1. The highest BCUT2D eigenvalue weighted by Gasteiger charge is 2.26. The van der Waals surface area contributed by atoms with Crippen LogP contribution in [0.2, 0.25) is 10.0 Å². The van der Waals surface area contributed by atoms with Gasteiger partial charge in [0.05, 0.1) is 15.7 Å². The number of halogens is 2. The Morgan fingerprint density at radius 3 is 2.24 bits per heavy atom. The zero-order valence-corrected chi connectivity index (χ0v) is 14.0. The average Bonchev–Trinajstić information content (AvgIpc) is 2.50. The van der Waals surface area contributed by atoms with Gasteiger partial charge in [0.25, 0.3) is 5.91 Å². The molecular weight excluding hydrogens is 307 g/mol. The molecule has 21 heavy (non-hydrogen) atoms. The zero-order valence-electron chi connectivity index (χ0n) is 12.5. The van der Waals surface area contributed by atoms with Crippen LogP contribution in [0.25, 0.3) is 0 Å². The molecule has 1 amide bonds. The van der Waals surface area contributed by atoms with E-state index in [9.17, 15) is 4.79 Å². The fourth-order valence-corrected chi connectivity index (χ4v) is 3.50. The quantitative estimate of drug-likeness (QED) is 0.823. The maximum atomic E-state index is 12.6. The minimum Gasteiger partial charge on any atom is -0.396 e. The van der Waals surface area contributed by atoms with Crippen molar-refractivity contribution in [3.05, 3.63) is 27.7 Å². The number of anilines is 1. The summed E-state index contributed by atoms with van der Waals surface area (Å²) in [4.78, 5) is 14.4. The monoisotopic (exact) mass is 328 g/mol. The summed E-state index contributed by atoms with van der Waals surface area (Å²) in [7, 11) is 1.86. The topological polar surface area (TPSA) is 46.3 Å². The van der Waals surface area contributed by atoms with Crippen LogP contribution in [0.5, 0.6) is 0 Å². The number of carbonyl (C=O) groups is 1. The Balaban J connectivity index is 2.09. The predicted octanol–water partition coefficient (Wildman–Crippen LogP) is 4.62. The smallest absolute Gasteiger partial charge is 0.253 e. The average molecular weight is 329 g/mol. The molecule has 1 saturated carbocycles. The maximum absolute atomic E-state index is 12.6. The van der Waals surface area contributed by atoms with Crippen molar-refractivity contribution in [3.63, 3.8) is 0 Å². The lowest BCUT2D eigenvalue weighted by atomic mass is 9.84. The molecule has 116 valence electrons. The van der Waals surface area contributed by atoms with E-state index < -0.39 is 0 Å². The third-order valence-corrected chi connectivity index (χ3v) is 5.21. The molecule has 0 bridgehead atoms. The van der Waals surface area contributed by atoms with Crippen LogP contribution in [0.3, 0.4) is 0 Å². The second kappa shape index (κ2) is 6.89. The second-order valence-electron chi connectivity index (χ2n) is 5.85. The second-order valence-corrected chi connectivity index (χ2v) is 6.67. The lowest BCUT2D eigenvalue weighted by molar-refractivity contribution is 0.0674. The number of hydrogen-bond acceptors (Lipinski definition) is 2. The van der Waals surface area contributed by atoms with Crippen molar-refractivity contribution in [1.82, 2.24) is 4.90 Å². The van der Waals surface area contributed by atoms with Crippen LogP contribution in [0.1, 0.15) is 49.4 Å². The van der Waals surface area contributed by atoms with E-state index in [4.69, 9.17) is 28.9 Å². The normalized spacial score (nSPS) is 22.1. The molecule has 2 N–H and O–H groups in total. The van der Waals surface area contributed by atoms with Gasteiger partial charge < -0.3 is 10.6 Å². The summed E-state index contributed by atoms with van der Waals surface area (Å²) < 4.78 is 0. The molecule has 3 nitrogen and oxygen atoms in total. The molecular formula is C16H22Cl2N2O. The van der Waals surface area contributed by atoms with Gasteiger partial charge in [0.1, 0.15) is 0 Å². The van der Waals surface area contributed by atoms with Gasteiger partial charge in [0.2, 0.25) is 0 Å². The molecule has 1 aromatic carbocycles. The zero-order chi connectivity index (χ0) is 15.6. The molecule has 0 aliphatic heterocycles.